The molecular formula is C20H27N3O2S2. The summed E-state index contributed by atoms with van der Waals surface area (Å²) in [6, 6.07) is 5.63. The minimum Gasteiger partial charge on any atom is -0.388 e. The Balaban J connectivity index is 1.73. The Morgan fingerprint density at radius 3 is 2.56 bits per heavy atom. The molecule has 1 aliphatic carbocycles. The molecule has 0 spiro atoms. The first-order valence-electron chi connectivity index (χ1n) is 9.87. The van der Waals surface area contributed by atoms with Crippen molar-refractivity contribution < 1.29 is 8.42 Å². The van der Waals surface area contributed by atoms with E-state index in [-0.39, 0.29) is 0 Å². The van der Waals surface area contributed by atoms with Gasteiger partial charge in [0.25, 0.3) is 0 Å². The largest absolute Gasteiger partial charge is 0.388 e. The van der Waals surface area contributed by atoms with Crippen LogP contribution in [0.2, 0.25) is 0 Å². The van der Waals surface area contributed by atoms with Crippen LogP contribution < -0.4 is 5.32 Å². The first-order valence-corrected chi connectivity index (χ1v) is 12.1. The van der Waals surface area contributed by atoms with Crippen molar-refractivity contribution in [1.29, 1.82) is 0 Å². The number of anilines is 1. The lowest BCUT2D eigenvalue weighted by Gasteiger charge is -2.19. The molecule has 1 saturated carbocycles. The van der Waals surface area contributed by atoms with Gasteiger partial charge in [0.1, 0.15) is 0 Å². The molecule has 0 radical (unpaired) electrons. The zero-order valence-corrected chi connectivity index (χ0v) is 17.4. The van der Waals surface area contributed by atoms with Crippen LogP contribution in [-0.2, 0) is 10.0 Å². The smallest absolute Gasteiger partial charge is 0.243 e. The van der Waals surface area contributed by atoms with Gasteiger partial charge in [-0.2, -0.15) is 4.31 Å². The van der Waals surface area contributed by atoms with Gasteiger partial charge in [-0.3, -0.25) is 0 Å². The molecule has 0 atom stereocenters. The fourth-order valence-corrected chi connectivity index (χ4v) is 7.05. The fraction of sp³-hybridized carbons (Fsp3) is 0.550. The first kappa shape index (κ1) is 18.9. The molecule has 146 valence electrons. The van der Waals surface area contributed by atoms with Gasteiger partial charge in [-0.05, 0) is 37.8 Å². The molecule has 1 aromatic carbocycles. The summed E-state index contributed by atoms with van der Waals surface area (Å²) in [6.45, 7) is 1.23. The second-order valence-corrected chi connectivity index (χ2v) is 10.4. The summed E-state index contributed by atoms with van der Waals surface area (Å²) < 4.78 is 28.2. The van der Waals surface area contributed by atoms with Crippen LogP contribution >= 0.6 is 11.3 Å². The molecule has 1 aromatic heterocycles. The first-order chi connectivity index (χ1) is 13.1. The second-order valence-electron chi connectivity index (χ2n) is 7.47. The predicted octanol–water partition coefficient (Wildman–Crippen LogP) is 4.68. The normalized spacial score (nSPS) is 19.4. The summed E-state index contributed by atoms with van der Waals surface area (Å²) in [7, 11) is -1.68. The lowest BCUT2D eigenvalue weighted by molar-refractivity contribution is 0.442. The van der Waals surface area contributed by atoms with Gasteiger partial charge in [0.2, 0.25) is 10.0 Å². The molecule has 0 bridgehead atoms. The third kappa shape index (κ3) is 3.77. The molecule has 2 heterocycles. The SMILES string of the molecule is CNc1ccc(-c2cnc(C3CCCCC3)s2)c(S(=O)(=O)N2CCCC2)c1. The quantitative estimate of drug-likeness (QED) is 0.784. The highest BCUT2D eigenvalue weighted by Crippen LogP contribution is 2.40. The van der Waals surface area contributed by atoms with Gasteiger partial charge >= 0.3 is 0 Å². The van der Waals surface area contributed by atoms with Gasteiger partial charge in [0, 0.05) is 43.5 Å². The molecule has 0 amide bonds. The van der Waals surface area contributed by atoms with E-state index in [0.717, 1.165) is 34.0 Å². The van der Waals surface area contributed by atoms with E-state index in [2.05, 4.69) is 10.3 Å². The highest BCUT2D eigenvalue weighted by atomic mass is 32.2. The molecule has 7 heteroatoms. The third-order valence-electron chi connectivity index (χ3n) is 5.70. The molecule has 4 rings (SSSR count). The van der Waals surface area contributed by atoms with E-state index in [1.165, 1.54) is 32.1 Å². The van der Waals surface area contributed by atoms with Crippen molar-refractivity contribution in [3.63, 3.8) is 0 Å². The maximum absolute atomic E-state index is 13.3. The zero-order chi connectivity index (χ0) is 18.9. The molecule has 2 aromatic rings. The van der Waals surface area contributed by atoms with Gasteiger partial charge in [0.15, 0.2) is 0 Å². The number of sulfonamides is 1. The molecule has 27 heavy (non-hydrogen) atoms. The van der Waals surface area contributed by atoms with Crippen molar-refractivity contribution in [1.82, 2.24) is 9.29 Å². The van der Waals surface area contributed by atoms with Crippen LogP contribution in [0, 0.1) is 0 Å². The van der Waals surface area contributed by atoms with Crippen molar-refractivity contribution >= 4 is 27.0 Å². The number of nitrogens with zero attached hydrogens (tertiary/aromatic N) is 2. The van der Waals surface area contributed by atoms with E-state index in [0.29, 0.717) is 23.9 Å². The van der Waals surface area contributed by atoms with E-state index >= 15 is 0 Å². The van der Waals surface area contributed by atoms with Crippen molar-refractivity contribution in [2.45, 2.75) is 55.8 Å². The standard InChI is InChI=1S/C20H27N3O2S2/c1-21-16-9-10-17(19(13-16)27(24,25)23-11-5-6-12-23)18-14-22-20(26-18)15-7-3-2-4-8-15/h9-10,13-15,21H,2-8,11-12H2,1H3. The summed E-state index contributed by atoms with van der Waals surface area (Å²) >= 11 is 1.66. The molecule has 1 aliphatic heterocycles. The number of hydrogen-bond acceptors (Lipinski definition) is 5. The van der Waals surface area contributed by atoms with E-state index in [4.69, 9.17) is 0 Å². The summed E-state index contributed by atoms with van der Waals surface area (Å²) in [6.07, 6.45) is 10.00. The number of nitrogens with one attached hydrogen (secondary N) is 1. The summed E-state index contributed by atoms with van der Waals surface area (Å²) in [5, 5.41) is 4.23. The number of hydrogen-bond donors (Lipinski definition) is 1. The predicted molar refractivity (Wildman–Crippen MR) is 111 cm³/mol. The maximum Gasteiger partial charge on any atom is 0.243 e. The topological polar surface area (TPSA) is 62.3 Å². The fourth-order valence-electron chi connectivity index (χ4n) is 4.11. The van der Waals surface area contributed by atoms with E-state index in [1.54, 1.807) is 21.7 Å². The van der Waals surface area contributed by atoms with Crippen LogP contribution in [0.1, 0.15) is 55.9 Å². The van der Waals surface area contributed by atoms with Gasteiger partial charge in [0.05, 0.1) is 14.8 Å². The van der Waals surface area contributed by atoms with Crippen LogP contribution in [0.3, 0.4) is 0 Å². The second kappa shape index (κ2) is 7.89. The van der Waals surface area contributed by atoms with Crippen LogP contribution in [0.4, 0.5) is 5.69 Å². The van der Waals surface area contributed by atoms with E-state index < -0.39 is 10.0 Å². The minimum atomic E-state index is -3.49. The van der Waals surface area contributed by atoms with Gasteiger partial charge < -0.3 is 5.32 Å². The Hall–Kier alpha value is -1.44. The van der Waals surface area contributed by atoms with Crippen LogP contribution in [0.25, 0.3) is 10.4 Å². The van der Waals surface area contributed by atoms with Crippen molar-refractivity contribution in [2.24, 2.45) is 0 Å². The monoisotopic (exact) mass is 405 g/mol. The third-order valence-corrected chi connectivity index (χ3v) is 8.83. The van der Waals surface area contributed by atoms with Gasteiger partial charge in [-0.1, -0.05) is 25.3 Å². The Morgan fingerprint density at radius 1 is 1.11 bits per heavy atom. The minimum absolute atomic E-state index is 0.398. The number of aromatic nitrogens is 1. The Morgan fingerprint density at radius 2 is 1.85 bits per heavy atom. The van der Waals surface area contributed by atoms with Crippen LogP contribution in [-0.4, -0.2) is 37.8 Å². The van der Waals surface area contributed by atoms with Gasteiger partial charge in [-0.25, -0.2) is 13.4 Å². The molecule has 1 N–H and O–H groups in total. The number of thiazole rings is 1. The average Bonchev–Trinajstić information content (AvgIpc) is 3.40. The van der Waals surface area contributed by atoms with Crippen molar-refractivity contribution in [2.75, 3.05) is 25.5 Å². The molecule has 2 fully saturated rings. The highest BCUT2D eigenvalue weighted by molar-refractivity contribution is 7.89. The molecule has 1 saturated heterocycles. The maximum atomic E-state index is 13.3. The van der Waals surface area contributed by atoms with Gasteiger partial charge in [-0.15, -0.1) is 11.3 Å². The zero-order valence-electron chi connectivity index (χ0n) is 15.8. The lowest BCUT2D eigenvalue weighted by atomic mass is 9.90. The molecular weight excluding hydrogens is 378 g/mol. The Bertz CT molecular complexity index is 896. The summed E-state index contributed by atoms with van der Waals surface area (Å²) in [5.41, 5.74) is 1.59. The summed E-state index contributed by atoms with van der Waals surface area (Å²) in [4.78, 5) is 6.03. The lowest BCUT2D eigenvalue weighted by Crippen LogP contribution is -2.28. The highest BCUT2D eigenvalue weighted by Gasteiger charge is 2.30. The molecule has 5 nitrogen and oxygen atoms in total. The Kier molecular flexibility index (Phi) is 5.53. The number of rotatable bonds is 5. The Labute approximate surface area is 165 Å². The van der Waals surface area contributed by atoms with E-state index in [9.17, 15) is 8.42 Å². The van der Waals surface area contributed by atoms with E-state index in [1.807, 2.05) is 25.4 Å². The van der Waals surface area contributed by atoms with Crippen LogP contribution in [0.5, 0.6) is 0 Å². The molecule has 2 aliphatic rings. The average molecular weight is 406 g/mol. The van der Waals surface area contributed by atoms with Crippen LogP contribution in [0.15, 0.2) is 29.3 Å². The summed E-state index contributed by atoms with van der Waals surface area (Å²) in [5.74, 6) is 0.535. The number of benzene rings is 1. The van der Waals surface area contributed by atoms with Crippen molar-refractivity contribution in [3.05, 3.63) is 29.4 Å². The van der Waals surface area contributed by atoms with Crippen molar-refractivity contribution in [3.8, 4) is 10.4 Å². The molecule has 0 unspecified atom stereocenters.